The molecule has 1 aliphatic heterocycles. The Morgan fingerprint density at radius 2 is 2.23 bits per heavy atom. The molecule has 0 unspecified atom stereocenters. The number of H-pyrrole nitrogens is 1. The number of aromatic amines is 1. The van der Waals surface area contributed by atoms with Crippen LogP contribution in [0, 0.1) is 0 Å². The number of rotatable bonds is 5. The van der Waals surface area contributed by atoms with Gasteiger partial charge in [-0.2, -0.15) is 5.10 Å². The van der Waals surface area contributed by atoms with Crippen LogP contribution in [-0.4, -0.2) is 46.8 Å². The van der Waals surface area contributed by atoms with Crippen molar-refractivity contribution in [3.05, 3.63) is 53.9 Å². The largest absolute Gasteiger partial charge is 0.375 e. The summed E-state index contributed by atoms with van der Waals surface area (Å²) < 4.78 is 5.80. The number of aryl methyl sites for hydroxylation is 1. The number of benzene rings is 1. The van der Waals surface area contributed by atoms with E-state index in [2.05, 4.69) is 34.5 Å². The minimum atomic E-state index is 0.0325. The Hall–Kier alpha value is -2.14. The molecule has 3 rings (SSSR count). The van der Waals surface area contributed by atoms with Crippen LogP contribution < -0.4 is 0 Å². The smallest absolute Gasteiger partial charge is 0.257 e. The number of amides is 1. The first-order chi connectivity index (χ1) is 10.8. The highest BCUT2D eigenvalue weighted by atomic mass is 16.5. The Bertz CT molecular complexity index is 583. The molecule has 0 spiro atoms. The fourth-order valence-corrected chi connectivity index (χ4v) is 2.81. The normalized spacial score (nSPS) is 18.4. The molecule has 1 fully saturated rings. The van der Waals surface area contributed by atoms with Gasteiger partial charge in [0.15, 0.2) is 0 Å². The zero-order valence-electron chi connectivity index (χ0n) is 12.6. The first-order valence-corrected chi connectivity index (χ1v) is 7.76. The Morgan fingerprint density at radius 1 is 1.36 bits per heavy atom. The molecular weight excluding hydrogens is 278 g/mol. The molecule has 0 bridgehead atoms. The lowest BCUT2D eigenvalue weighted by molar-refractivity contribution is -0.0255. The van der Waals surface area contributed by atoms with Gasteiger partial charge in [0.25, 0.3) is 5.91 Å². The number of ether oxygens (including phenoxy) is 1. The first kappa shape index (κ1) is 14.8. The van der Waals surface area contributed by atoms with Crippen molar-refractivity contribution in [1.29, 1.82) is 0 Å². The molecule has 2 heterocycles. The van der Waals surface area contributed by atoms with Crippen molar-refractivity contribution in [3.63, 3.8) is 0 Å². The van der Waals surface area contributed by atoms with Crippen LogP contribution in [0.1, 0.15) is 28.8 Å². The molecule has 22 heavy (non-hydrogen) atoms. The van der Waals surface area contributed by atoms with Crippen molar-refractivity contribution in [2.24, 2.45) is 0 Å². The van der Waals surface area contributed by atoms with Gasteiger partial charge < -0.3 is 9.64 Å². The topological polar surface area (TPSA) is 58.2 Å². The van der Waals surface area contributed by atoms with Crippen LogP contribution in [0.25, 0.3) is 0 Å². The molecule has 5 heteroatoms. The van der Waals surface area contributed by atoms with Gasteiger partial charge in [-0.05, 0) is 24.8 Å². The van der Waals surface area contributed by atoms with E-state index in [-0.39, 0.29) is 12.0 Å². The Balaban J connectivity index is 1.47. The standard InChI is InChI=1S/C17H21N3O2/c21-17(15-11-18-19-12-15)20-9-10-22-16(13-20)8-4-7-14-5-2-1-3-6-14/h1-3,5-6,11-12,16H,4,7-10,13H2,(H,18,19)/t16-/m1/s1. The second-order valence-electron chi connectivity index (χ2n) is 5.61. The van der Waals surface area contributed by atoms with E-state index in [4.69, 9.17) is 4.74 Å². The third-order valence-corrected chi connectivity index (χ3v) is 4.01. The average molecular weight is 299 g/mol. The van der Waals surface area contributed by atoms with Crippen LogP contribution in [0.4, 0.5) is 0 Å². The number of aromatic nitrogens is 2. The molecule has 1 amide bonds. The Labute approximate surface area is 130 Å². The lowest BCUT2D eigenvalue weighted by Gasteiger charge is -2.32. The summed E-state index contributed by atoms with van der Waals surface area (Å²) in [6.07, 6.45) is 6.45. The van der Waals surface area contributed by atoms with E-state index in [1.807, 2.05) is 11.0 Å². The summed E-state index contributed by atoms with van der Waals surface area (Å²) in [6, 6.07) is 10.5. The first-order valence-electron chi connectivity index (χ1n) is 7.76. The second kappa shape index (κ2) is 7.22. The quantitative estimate of drug-likeness (QED) is 0.921. The van der Waals surface area contributed by atoms with Crippen LogP contribution in [0.2, 0.25) is 0 Å². The van der Waals surface area contributed by atoms with Crippen LogP contribution >= 0.6 is 0 Å². The zero-order valence-corrected chi connectivity index (χ0v) is 12.6. The van der Waals surface area contributed by atoms with Crippen molar-refractivity contribution >= 4 is 5.91 Å². The number of carbonyl (C=O) groups excluding carboxylic acids is 1. The predicted molar refractivity (Wildman–Crippen MR) is 83.6 cm³/mol. The number of carbonyl (C=O) groups is 1. The molecular formula is C17H21N3O2. The summed E-state index contributed by atoms with van der Waals surface area (Å²) in [6.45, 7) is 1.93. The Kier molecular flexibility index (Phi) is 4.85. The summed E-state index contributed by atoms with van der Waals surface area (Å²) >= 11 is 0. The number of hydrogen-bond donors (Lipinski definition) is 1. The molecule has 5 nitrogen and oxygen atoms in total. The second-order valence-corrected chi connectivity index (χ2v) is 5.61. The molecule has 1 aromatic heterocycles. The maximum absolute atomic E-state index is 12.3. The third-order valence-electron chi connectivity index (χ3n) is 4.01. The summed E-state index contributed by atoms with van der Waals surface area (Å²) in [5, 5.41) is 6.52. The van der Waals surface area contributed by atoms with E-state index < -0.39 is 0 Å². The lowest BCUT2D eigenvalue weighted by atomic mass is 10.0. The van der Waals surface area contributed by atoms with E-state index in [1.165, 1.54) is 5.56 Å². The van der Waals surface area contributed by atoms with E-state index >= 15 is 0 Å². The van der Waals surface area contributed by atoms with Crippen LogP contribution in [-0.2, 0) is 11.2 Å². The van der Waals surface area contributed by atoms with Crippen molar-refractivity contribution < 1.29 is 9.53 Å². The number of nitrogens with one attached hydrogen (secondary N) is 1. The van der Waals surface area contributed by atoms with E-state index in [0.29, 0.717) is 25.3 Å². The van der Waals surface area contributed by atoms with Crippen molar-refractivity contribution in [2.75, 3.05) is 19.7 Å². The van der Waals surface area contributed by atoms with Gasteiger partial charge >= 0.3 is 0 Å². The SMILES string of the molecule is O=C(c1cn[nH]c1)N1CCO[C@H](CCCc2ccccc2)C1. The van der Waals surface area contributed by atoms with Crippen molar-refractivity contribution in [1.82, 2.24) is 15.1 Å². The van der Waals surface area contributed by atoms with Gasteiger partial charge in [-0.1, -0.05) is 30.3 Å². The highest BCUT2D eigenvalue weighted by Gasteiger charge is 2.25. The van der Waals surface area contributed by atoms with Gasteiger partial charge in [0.05, 0.1) is 24.5 Å². The van der Waals surface area contributed by atoms with Gasteiger partial charge in [0.1, 0.15) is 0 Å². The molecule has 0 aliphatic carbocycles. The molecule has 1 aromatic carbocycles. The maximum atomic E-state index is 12.3. The maximum Gasteiger partial charge on any atom is 0.257 e. The minimum absolute atomic E-state index is 0.0325. The van der Waals surface area contributed by atoms with Crippen LogP contribution in [0.3, 0.4) is 0 Å². The molecule has 1 saturated heterocycles. The summed E-state index contributed by atoms with van der Waals surface area (Å²) in [4.78, 5) is 14.2. The highest BCUT2D eigenvalue weighted by Crippen LogP contribution is 2.15. The molecule has 0 saturated carbocycles. The highest BCUT2D eigenvalue weighted by molar-refractivity contribution is 5.93. The number of morpholine rings is 1. The average Bonchev–Trinajstić information content (AvgIpc) is 3.10. The fourth-order valence-electron chi connectivity index (χ4n) is 2.81. The molecule has 1 aliphatic rings. The summed E-state index contributed by atoms with van der Waals surface area (Å²) in [5.74, 6) is 0.0325. The molecule has 0 radical (unpaired) electrons. The lowest BCUT2D eigenvalue weighted by Crippen LogP contribution is -2.45. The Morgan fingerprint density at radius 3 is 3.00 bits per heavy atom. The minimum Gasteiger partial charge on any atom is -0.375 e. The van der Waals surface area contributed by atoms with Gasteiger partial charge in [-0.15, -0.1) is 0 Å². The third kappa shape index (κ3) is 3.74. The van der Waals surface area contributed by atoms with Crippen LogP contribution in [0.15, 0.2) is 42.7 Å². The van der Waals surface area contributed by atoms with Crippen LogP contribution in [0.5, 0.6) is 0 Å². The summed E-state index contributed by atoms with van der Waals surface area (Å²) in [7, 11) is 0. The molecule has 1 N–H and O–H groups in total. The fraction of sp³-hybridized carbons (Fsp3) is 0.412. The van der Waals surface area contributed by atoms with Gasteiger partial charge in [-0.25, -0.2) is 0 Å². The van der Waals surface area contributed by atoms with E-state index in [0.717, 1.165) is 19.3 Å². The predicted octanol–water partition coefficient (Wildman–Crippen LogP) is 2.27. The monoisotopic (exact) mass is 299 g/mol. The van der Waals surface area contributed by atoms with Gasteiger partial charge in [0.2, 0.25) is 0 Å². The van der Waals surface area contributed by atoms with Gasteiger partial charge in [-0.3, -0.25) is 9.89 Å². The zero-order chi connectivity index (χ0) is 15.2. The molecule has 1 atom stereocenters. The summed E-state index contributed by atoms with van der Waals surface area (Å²) in [5.41, 5.74) is 1.97. The number of hydrogen-bond acceptors (Lipinski definition) is 3. The van der Waals surface area contributed by atoms with Crippen molar-refractivity contribution in [2.45, 2.75) is 25.4 Å². The van der Waals surface area contributed by atoms with Gasteiger partial charge in [0, 0.05) is 19.3 Å². The number of nitrogens with zero attached hydrogens (tertiary/aromatic N) is 2. The molecule has 116 valence electrons. The van der Waals surface area contributed by atoms with Crippen molar-refractivity contribution in [3.8, 4) is 0 Å². The molecule has 2 aromatic rings. The van der Waals surface area contributed by atoms with E-state index in [9.17, 15) is 4.79 Å². The van der Waals surface area contributed by atoms with E-state index in [1.54, 1.807) is 12.4 Å².